The molecule has 0 unspecified atom stereocenters. The van der Waals surface area contributed by atoms with Gasteiger partial charge in [0.05, 0.1) is 17.1 Å². The molecule has 0 spiro atoms. The first-order valence-corrected chi connectivity index (χ1v) is 8.39. The van der Waals surface area contributed by atoms with Gasteiger partial charge < -0.3 is 4.74 Å². The molecular weight excluding hydrogens is 288 g/mol. The molecule has 1 aromatic rings. The summed E-state index contributed by atoms with van der Waals surface area (Å²) in [5.41, 5.74) is 0.845. The number of halogens is 1. The van der Waals surface area contributed by atoms with Crippen LogP contribution in [0.4, 0.5) is 0 Å². The van der Waals surface area contributed by atoms with E-state index in [2.05, 4.69) is 6.92 Å². The fourth-order valence-electron chi connectivity index (χ4n) is 1.61. The number of ether oxygens (including phenoxy) is 1. The van der Waals surface area contributed by atoms with Gasteiger partial charge in [-0.05, 0) is 37.1 Å². The van der Waals surface area contributed by atoms with Gasteiger partial charge in [0.15, 0.2) is 0 Å². The molecule has 0 aromatic heterocycles. The molecule has 1 aromatic carbocycles. The van der Waals surface area contributed by atoms with E-state index in [4.69, 9.17) is 15.4 Å². The van der Waals surface area contributed by atoms with Crippen molar-refractivity contribution in [1.82, 2.24) is 0 Å². The fourth-order valence-corrected chi connectivity index (χ4v) is 2.47. The Bertz CT molecular complexity index is 552. The van der Waals surface area contributed by atoms with Crippen LogP contribution in [0.2, 0.25) is 0 Å². The highest BCUT2D eigenvalue weighted by Crippen LogP contribution is 2.19. The number of unbranched alkanes of at least 4 members (excludes halogenated alkanes) is 2. The van der Waals surface area contributed by atoms with Crippen LogP contribution in [0.1, 0.15) is 42.1 Å². The molecule has 0 amide bonds. The predicted molar refractivity (Wildman–Crippen MR) is 74.0 cm³/mol. The molecule has 0 aliphatic rings. The van der Waals surface area contributed by atoms with Gasteiger partial charge in [-0.2, -0.15) is 0 Å². The SMILES string of the molecule is CCCCCOC(=O)c1cc(C)cc(S(=O)(=O)Cl)c1. The van der Waals surface area contributed by atoms with Crippen LogP contribution in [0.5, 0.6) is 0 Å². The van der Waals surface area contributed by atoms with Gasteiger partial charge in [-0.1, -0.05) is 19.8 Å². The monoisotopic (exact) mass is 304 g/mol. The van der Waals surface area contributed by atoms with Crippen LogP contribution in [0.25, 0.3) is 0 Å². The molecule has 0 radical (unpaired) electrons. The highest BCUT2D eigenvalue weighted by Gasteiger charge is 2.15. The molecule has 0 heterocycles. The first kappa shape index (κ1) is 16.0. The third-order valence-corrected chi connectivity index (χ3v) is 3.88. The molecule has 4 nitrogen and oxygen atoms in total. The summed E-state index contributed by atoms with van der Waals surface area (Å²) in [6.45, 7) is 4.09. The van der Waals surface area contributed by atoms with Gasteiger partial charge in [0, 0.05) is 10.7 Å². The van der Waals surface area contributed by atoms with Crippen molar-refractivity contribution >= 4 is 25.7 Å². The number of carbonyl (C=O) groups is 1. The van der Waals surface area contributed by atoms with Crippen LogP contribution in [-0.2, 0) is 13.8 Å². The quantitative estimate of drug-likeness (QED) is 0.460. The Hall–Kier alpha value is -1.07. The molecule has 0 atom stereocenters. The Morgan fingerprint density at radius 1 is 1.26 bits per heavy atom. The highest BCUT2D eigenvalue weighted by molar-refractivity contribution is 8.13. The molecule has 0 saturated heterocycles. The molecule has 0 aliphatic carbocycles. The molecule has 6 heteroatoms. The predicted octanol–water partition coefficient (Wildman–Crippen LogP) is 3.27. The lowest BCUT2D eigenvalue weighted by Gasteiger charge is -2.06. The van der Waals surface area contributed by atoms with Crippen molar-refractivity contribution in [1.29, 1.82) is 0 Å². The first-order valence-electron chi connectivity index (χ1n) is 6.08. The third kappa shape index (κ3) is 5.20. The standard InChI is InChI=1S/C13H17ClO4S/c1-3-4-5-6-18-13(15)11-7-10(2)8-12(9-11)19(14,16)17/h7-9H,3-6H2,1-2H3. The summed E-state index contributed by atoms with van der Waals surface area (Å²) in [6.07, 6.45) is 2.83. The number of esters is 1. The van der Waals surface area contributed by atoms with Crippen molar-refractivity contribution in [2.75, 3.05) is 6.61 Å². The minimum Gasteiger partial charge on any atom is -0.462 e. The van der Waals surface area contributed by atoms with Crippen molar-refractivity contribution in [2.24, 2.45) is 0 Å². The normalized spacial score (nSPS) is 11.3. The lowest BCUT2D eigenvalue weighted by Crippen LogP contribution is -2.08. The van der Waals surface area contributed by atoms with Crippen molar-refractivity contribution < 1.29 is 17.9 Å². The summed E-state index contributed by atoms with van der Waals surface area (Å²) in [6, 6.07) is 4.22. The van der Waals surface area contributed by atoms with Gasteiger partial charge in [0.1, 0.15) is 0 Å². The number of benzene rings is 1. The Morgan fingerprint density at radius 3 is 2.53 bits per heavy atom. The zero-order valence-corrected chi connectivity index (χ0v) is 12.6. The van der Waals surface area contributed by atoms with Crippen LogP contribution in [0, 0.1) is 6.92 Å². The van der Waals surface area contributed by atoms with Gasteiger partial charge in [-0.15, -0.1) is 0 Å². The largest absolute Gasteiger partial charge is 0.462 e. The van der Waals surface area contributed by atoms with Crippen molar-refractivity contribution in [3.8, 4) is 0 Å². The summed E-state index contributed by atoms with van der Waals surface area (Å²) in [7, 11) is 1.43. The molecule has 0 bridgehead atoms. The van der Waals surface area contributed by atoms with Gasteiger partial charge in [-0.3, -0.25) is 0 Å². The topological polar surface area (TPSA) is 60.4 Å². The van der Waals surface area contributed by atoms with Crippen molar-refractivity contribution in [3.05, 3.63) is 29.3 Å². The van der Waals surface area contributed by atoms with Crippen LogP contribution < -0.4 is 0 Å². The first-order chi connectivity index (χ1) is 8.84. The lowest BCUT2D eigenvalue weighted by molar-refractivity contribution is 0.0497. The molecule has 0 saturated carbocycles. The van der Waals surface area contributed by atoms with Crippen LogP contribution in [-0.4, -0.2) is 21.0 Å². The third-order valence-electron chi connectivity index (χ3n) is 2.55. The van der Waals surface area contributed by atoms with Crippen LogP contribution in [0.15, 0.2) is 23.1 Å². The second kappa shape index (κ2) is 6.91. The maximum Gasteiger partial charge on any atom is 0.338 e. The van der Waals surface area contributed by atoms with E-state index in [1.807, 2.05) is 0 Å². The molecule has 1 rings (SSSR count). The lowest BCUT2D eigenvalue weighted by atomic mass is 10.1. The molecular formula is C13H17ClO4S. The van der Waals surface area contributed by atoms with E-state index in [0.29, 0.717) is 12.2 Å². The second-order valence-electron chi connectivity index (χ2n) is 4.32. The summed E-state index contributed by atoms with van der Waals surface area (Å²) >= 11 is 0. The van der Waals surface area contributed by atoms with Gasteiger partial charge >= 0.3 is 5.97 Å². The summed E-state index contributed by atoms with van der Waals surface area (Å²) in [5.74, 6) is -0.527. The Kier molecular flexibility index (Phi) is 5.82. The van der Waals surface area contributed by atoms with Crippen molar-refractivity contribution in [3.63, 3.8) is 0 Å². The maximum atomic E-state index is 11.8. The minimum atomic E-state index is -3.85. The Labute approximate surface area is 118 Å². The molecule has 0 fully saturated rings. The number of rotatable bonds is 6. The van der Waals surface area contributed by atoms with E-state index in [1.165, 1.54) is 12.1 Å². The Balaban J connectivity index is 2.83. The molecule has 106 valence electrons. The summed E-state index contributed by atoms with van der Waals surface area (Å²) in [4.78, 5) is 11.7. The van der Waals surface area contributed by atoms with E-state index in [1.54, 1.807) is 13.0 Å². The average molecular weight is 305 g/mol. The van der Waals surface area contributed by atoms with Crippen LogP contribution >= 0.6 is 10.7 Å². The smallest absolute Gasteiger partial charge is 0.338 e. The second-order valence-corrected chi connectivity index (χ2v) is 6.88. The van der Waals surface area contributed by atoms with Gasteiger partial charge in [0.2, 0.25) is 0 Å². The zero-order chi connectivity index (χ0) is 14.5. The average Bonchev–Trinajstić information content (AvgIpc) is 2.32. The minimum absolute atomic E-state index is 0.0883. The number of hydrogen-bond acceptors (Lipinski definition) is 4. The molecule has 19 heavy (non-hydrogen) atoms. The maximum absolute atomic E-state index is 11.8. The zero-order valence-electron chi connectivity index (χ0n) is 11.0. The summed E-state index contributed by atoms with van der Waals surface area (Å²) < 4.78 is 27.6. The van der Waals surface area contributed by atoms with Gasteiger partial charge in [0.25, 0.3) is 9.05 Å². The number of hydrogen-bond donors (Lipinski definition) is 0. The van der Waals surface area contributed by atoms with Gasteiger partial charge in [-0.25, -0.2) is 13.2 Å². The number of carbonyl (C=O) groups excluding carboxylic acids is 1. The van der Waals surface area contributed by atoms with Crippen molar-refractivity contribution in [2.45, 2.75) is 38.0 Å². The number of aryl methyl sites for hydroxylation is 1. The van der Waals surface area contributed by atoms with E-state index in [0.717, 1.165) is 19.3 Å². The highest BCUT2D eigenvalue weighted by atomic mass is 35.7. The molecule has 0 aliphatic heterocycles. The van der Waals surface area contributed by atoms with E-state index in [-0.39, 0.29) is 10.5 Å². The Morgan fingerprint density at radius 2 is 1.95 bits per heavy atom. The van der Waals surface area contributed by atoms with E-state index < -0.39 is 15.0 Å². The van der Waals surface area contributed by atoms with E-state index in [9.17, 15) is 13.2 Å². The molecule has 0 N–H and O–H groups in total. The fraction of sp³-hybridized carbons (Fsp3) is 0.462. The van der Waals surface area contributed by atoms with Crippen LogP contribution in [0.3, 0.4) is 0 Å². The van der Waals surface area contributed by atoms with E-state index >= 15 is 0 Å². The summed E-state index contributed by atoms with van der Waals surface area (Å²) in [5, 5.41) is 0.